The van der Waals surface area contributed by atoms with E-state index in [2.05, 4.69) is 21.5 Å². The van der Waals surface area contributed by atoms with Gasteiger partial charge in [-0.3, -0.25) is 4.98 Å². The van der Waals surface area contributed by atoms with Gasteiger partial charge in [-0.2, -0.15) is 4.72 Å². The van der Waals surface area contributed by atoms with Gasteiger partial charge in [0, 0.05) is 11.6 Å². The zero-order valence-corrected chi connectivity index (χ0v) is 16.4. The van der Waals surface area contributed by atoms with Gasteiger partial charge in [-0.05, 0) is 36.8 Å². The van der Waals surface area contributed by atoms with Gasteiger partial charge in [0.25, 0.3) is 0 Å². The van der Waals surface area contributed by atoms with Crippen LogP contribution in [0.1, 0.15) is 5.56 Å². The molecule has 0 aliphatic carbocycles. The van der Waals surface area contributed by atoms with Crippen LogP contribution in [-0.2, 0) is 10.0 Å². The highest BCUT2D eigenvalue weighted by Crippen LogP contribution is 2.24. The Morgan fingerprint density at radius 3 is 2.71 bits per heavy atom. The van der Waals surface area contributed by atoms with Crippen molar-refractivity contribution in [3.63, 3.8) is 0 Å². The van der Waals surface area contributed by atoms with E-state index in [1.54, 1.807) is 24.4 Å². The smallest absolute Gasteiger partial charge is 0.245 e. The van der Waals surface area contributed by atoms with Crippen LogP contribution >= 0.6 is 0 Å². The minimum atomic E-state index is -3.72. The van der Waals surface area contributed by atoms with E-state index in [0.29, 0.717) is 5.75 Å². The number of sulfonamides is 1. The number of rotatable bonds is 6. The van der Waals surface area contributed by atoms with Crippen molar-refractivity contribution in [1.29, 1.82) is 0 Å². The fourth-order valence-corrected chi connectivity index (χ4v) is 3.80. The summed E-state index contributed by atoms with van der Waals surface area (Å²) in [6.45, 7) is 1.92. The Morgan fingerprint density at radius 2 is 1.89 bits per heavy atom. The first-order valence-electron chi connectivity index (χ1n) is 8.58. The average Bonchev–Trinajstić information content (AvgIpc) is 2.70. The van der Waals surface area contributed by atoms with E-state index in [1.165, 1.54) is 7.11 Å². The van der Waals surface area contributed by atoms with Gasteiger partial charge in [0.2, 0.25) is 10.0 Å². The third kappa shape index (κ3) is 4.60. The number of hydrogen-bond acceptors (Lipinski definition) is 5. The number of para-hydroxylation sites is 1. The van der Waals surface area contributed by atoms with Gasteiger partial charge in [-0.25, -0.2) is 8.42 Å². The quantitative estimate of drug-likeness (QED) is 0.649. The van der Waals surface area contributed by atoms with Crippen LogP contribution in [0.4, 0.5) is 0 Å². The van der Waals surface area contributed by atoms with Crippen molar-refractivity contribution in [1.82, 2.24) is 9.71 Å². The van der Waals surface area contributed by atoms with Crippen LogP contribution in [0.2, 0.25) is 0 Å². The zero-order valence-electron chi connectivity index (χ0n) is 15.6. The molecule has 7 heteroatoms. The summed E-state index contributed by atoms with van der Waals surface area (Å²) in [4.78, 5) is 4.40. The van der Waals surface area contributed by atoms with E-state index in [4.69, 9.17) is 9.47 Å². The van der Waals surface area contributed by atoms with Gasteiger partial charge in [-0.1, -0.05) is 36.1 Å². The minimum absolute atomic E-state index is 0.0312. The summed E-state index contributed by atoms with van der Waals surface area (Å²) in [5, 5.41) is 0.979. The molecule has 0 bridgehead atoms. The average molecular weight is 396 g/mol. The minimum Gasteiger partial charge on any atom is -0.495 e. The molecule has 0 saturated carbocycles. The second-order valence-electron chi connectivity index (χ2n) is 5.95. The third-order valence-electron chi connectivity index (χ3n) is 3.98. The predicted molar refractivity (Wildman–Crippen MR) is 108 cm³/mol. The summed E-state index contributed by atoms with van der Waals surface area (Å²) in [5.74, 6) is 6.49. The van der Waals surface area contributed by atoms with E-state index in [1.807, 2.05) is 37.3 Å². The number of benzene rings is 2. The van der Waals surface area contributed by atoms with E-state index in [-0.39, 0.29) is 23.8 Å². The van der Waals surface area contributed by atoms with Gasteiger partial charge >= 0.3 is 0 Å². The maximum Gasteiger partial charge on any atom is 0.245 e. The monoisotopic (exact) mass is 396 g/mol. The standard InChI is InChI=1S/C21H20N2O4S/c1-16-10-11-18(26-2)20(15-16)28(24,25)23-13-3-4-14-27-19-9-5-7-17-8-6-12-22-21(17)19/h5-12,15,23H,13-14H2,1-2H3. The van der Waals surface area contributed by atoms with Gasteiger partial charge < -0.3 is 9.47 Å². The molecule has 2 aromatic carbocycles. The highest BCUT2D eigenvalue weighted by molar-refractivity contribution is 7.89. The Hall–Kier alpha value is -3.08. The summed E-state index contributed by atoms with van der Waals surface area (Å²) < 4.78 is 38.2. The van der Waals surface area contributed by atoms with E-state index in [0.717, 1.165) is 16.5 Å². The Balaban J connectivity index is 1.60. The maximum absolute atomic E-state index is 12.5. The first-order valence-corrected chi connectivity index (χ1v) is 10.1. The summed E-state index contributed by atoms with van der Waals surface area (Å²) in [6, 6.07) is 14.5. The van der Waals surface area contributed by atoms with Crippen LogP contribution < -0.4 is 14.2 Å². The van der Waals surface area contributed by atoms with E-state index >= 15 is 0 Å². The van der Waals surface area contributed by atoms with Crippen LogP contribution in [0.3, 0.4) is 0 Å². The molecular formula is C21H20N2O4S. The largest absolute Gasteiger partial charge is 0.495 e. The van der Waals surface area contributed by atoms with Gasteiger partial charge in [0.15, 0.2) is 0 Å². The summed E-state index contributed by atoms with van der Waals surface area (Å²) in [6.07, 6.45) is 1.70. The van der Waals surface area contributed by atoms with Crippen LogP contribution in [0.15, 0.2) is 59.6 Å². The highest BCUT2D eigenvalue weighted by Gasteiger charge is 2.18. The Kier molecular flexibility index (Phi) is 6.14. The molecular weight excluding hydrogens is 376 g/mol. The number of nitrogens with zero attached hydrogens (tertiary/aromatic N) is 1. The second-order valence-corrected chi connectivity index (χ2v) is 7.69. The van der Waals surface area contributed by atoms with Crippen molar-refractivity contribution in [2.24, 2.45) is 0 Å². The molecule has 3 rings (SSSR count). The van der Waals surface area contributed by atoms with Gasteiger partial charge in [0.1, 0.15) is 28.5 Å². The van der Waals surface area contributed by atoms with Crippen molar-refractivity contribution < 1.29 is 17.9 Å². The van der Waals surface area contributed by atoms with Crippen LogP contribution in [0.25, 0.3) is 10.9 Å². The number of nitrogens with one attached hydrogen (secondary N) is 1. The molecule has 28 heavy (non-hydrogen) atoms. The number of hydrogen-bond donors (Lipinski definition) is 1. The molecule has 0 aliphatic heterocycles. The summed E-state index contributed by atoms with van der Waals surface area (Å²) in [5.41, 5.74) is 1.59. The van der Waals surface area contributed by atoms with Gasteiger partial charge in [-0.15, -0.1) is 0 Å². The fraction of sp³-hybridized carbons (Fsp3) is 0.190. The molecule has 0 fully saturated rings. The van der Waals surface area contributed by atoms with Gasteiger partial charge in [0.05, 0.1) is 13.7 Å². The number of ether oxygens (including phenoxy) is 2. The molecule has 1 N–H and O–H groups in total. The van der Waals surface area contributed by atoms with Crippen LogP contribution in [0.5, 0.6) is 11.5 Å². The SMILES string of the molecule is COc1ccc(C)cc1S(=O)(=O)NCC#CCOc1cccc2cccnc12. The molecule has 0 spiro atoms. The normalized spacial score (nSPS) is 10.9. The molecule has 1 heterocycles. The lowest BCUT2D eigenvalue weighted by atomic mass is 10.2. The Labute approximate surface area is 164 Å². The highest BCUT2D eigenvalue weighted by atomic mass is 32.2. The molecule has 1 aromatic heterocycles. The molecule has 144 valence electrons. The number of aryl methyl sites for hydroxylation is 1. The fourth-order valence-electron chi connectivity index (χ4n) is 2.62. The number of fused-ring (bicyclic) bond motifs is 1. The second kappa shape index (κ2) is 8.74. The molecule has 0 unspecified atom stereocenters. The molecule has 0 radical (unpaired) electrons. The number of methoxy groups -OCH3 is 1. The first kappa shape index (κ1) is 19.7. The third-order valence-corrected chi connectivity index (χ3v) is 5.40. The lowest BCUT2D eigenvalue weighted by Gasteiger charge is -2.10. The van der Waals surface area contributed by atoms with Crippen LogP contribution in [-0.4, -0.2) is 33.7 Å². The number of aromatic nitrogens is 1. The molecule has 6 nitrogen and oxygen atoms in total. The summed E-state index contributed by atoms with van der Waals surface area (Å²) in [7, 11) is -2.29. The maximum atomic E-state index is 12.5. The van der Waals surface area contributed by atoms with E-state index in [9.17, 15) is 8.42 Å². The molecule has 0 saturated heterocycles. The Bertz CT molecular complexity index is 1140. The lowest BCUT2D eigenvalue weighted by Crippen LogP contribution is -2.24. The van der Waals surface area contributed by atoms with Crippen molar-refractivity contribution in [3.05, 3.63) is 60.3 Å². The first-order chi connectivity index (χ1) is 13.5. The molecule has 0 atom stereocenters. The van der Waals surface area contributed by atoms with Crippen molar-refractivity contribution >= 4 is 20.9 Å². The topological polar surface area (TPSA) is 77.5 Å². The molecule has 0 amide bonds. The summed E-state index contributed by atoms with van der Waals surface area (Å²) >= 11 is 0. The van der Waals surface area contributed by atoms with Crippen LogP contribution in [0, 0.1) is 18.8 Å². The van der Waals surface area contributed by atoms with E-state index < -0.39 is 10.0 Å². The zero-order chi connectivity index (χ0) is 20.0. The number of pyridine rings is 1. The van der Waals surface area contributed by atoms with Crippen molar-refractivity contribution in [2.45, 2.75) is 11.8 Å². The lowest BCUT2D eigenvalue weighted by molar-refractivity contribution is 0.374. The van der Waals surface area contributed by atoms with Crippen molar-refractivity contribution in [3.8, 4) is 23.3 Å². The predicted octanol–water partition coefficient (Wildman–Crippen LogP) is 2.91. The van der Waals surface area contributed by atoms with Crippen molar-refractivity contribution in [2.75, 3.05) is 20.3 Å². The molecule has 3 aromatic rings. The Morgan fingerprint density at radius 1 is 1.07 bits per heavy atom. The molecule has 0 aliphatic rings.